The Hall–Kier alpha value is -1.09. The van der Waals surface area contributed by atoms with Gasteiger partial charge in [0.1, 0.15) is 5.82 Å². The first-order valence-electron chi connectivity index (χ1n) is 8.38. The first kappa shape index (κ1) is 13.9. The van der Waals surface area contributed by atoms with E-state index in [1.165, 1.54) is 62.6 Å². The molecule has 110 valence electrons. The third kappa shape index (κ3) is 3.72. The average Bonchev–Trinajstić information content (AvgIpc) is 2.78. The highest BCUT2D eigenvalue weighted by molar-refractivity contribution is 5.40. The zero-order chi connectivity index (χ0) is 13.6. The van der Waals surface area contributed by atoms with Crippen molar-refractivity contribution in [2.45, 2.75) is 63.8 Å². The molecule has 1 saturated carbocycles. The molecule has 2 N–H and O–H groups in total. The number of rotatable bonds is 5. The SMILES string of the molecule is c1cc2c(nc1NCCNC1CCCCCC1)CCC2. The van der Waals surface area contributed by atoms with E-state index in [1.54, 1.807) is 0 Å². The maximum absolute atomic E-state index is 4.71. The lowest BCUT2D eigenvalue weighted by Crippen LogP contribution is -2.32. The van der Waals surface area contributed by atoms with Crippen LogP contribution in [0.3, 0.4) is 0 Å². The fourth-order valence-electron chi connectivity index (χ4n) is 3.47. The van der Waals surface area contributed by atoms with Crippen LogP contribution in [-0.2, 0) is 12.8 Å². The van der Waals surface area contributed by atoms with Gasteiger partial charge in [-0.2, -0.15) is 0 Å². The first-order chi connectivity index (χ1) is 9.92. The maximum Gasteiger partial charge on any atom is 0.126 e. The van der Waals surface area contributed by atoms with Gasteiger partial charge in [0.25, 0.3) is 0 Å². The largest absolute Gasteiger partial charge is 0.369 e. The quantitative estimate of drug-likeness (QED) is 0.638. The summed E-state index contributed by atoms with van der Waals surface area (Å²) < 4.78 is 0. The molecular weight excluding hydrogens is 246 g/mol. The third-order valence-electron chi connectivity index (χ3n) is 4.65. The van der Waals surface area contributed by atoms with Crippen LogP contribution in [0.1, 0.15) is 56.2 Å². The Morgan fingerprint density at radius 2 is 1.80 bits per heavy atom. The van der Waals surface area contributed by atoms with Crippen molar-refractivity contribution in [3.05, 3.63) is 23.4 Å². The third-order valence-corrected chi connectivity index (χ3v) is 4.65. The van der Waals surface area contributed by atoms with Gasteiger partial charge in [-0.25, -0.2) is 4.98 Å². The summed E-state index contributed by atoms with van der Waals surface area (Å²) in [4.78, 5) is 4.71. The van der Waals surface area contributed by atoms with E-state index in [4.69, 9.17) is 4.98 Å². The Kier molecular flexibility index (Phi) is 4.91. The van der Waals surface area contributed by atoms with Crippen LogP contribution in [-0.4, -0.2) is 24.1 Å². The van der Waals surface area contributed by atoms with Crippen molar-refractivity contribution < 1.29 is 0 Å². The van der Waals surface area contributed by atoms with Crippen molar-refractivity contribution in [3.8, 4) is 0 Å². The molecule has 3 nitrogen and oxygen atoms in total. The van der Waals surface area contributed by atoms with Gasteiger partial charge in [-0.15, -0.1) is 0 Å². The van der Waals surface area contributed by atoms with E-state index in [1.807, 2.05) is 0 Å². The number of anilines is 1. The number of aryl methyl sites for hydroxylation is 2. The van der Waals surface area contributed by atoms with Crippen LogP contribution >= 0.6 is 0 Å². The van der Waals surface area contributed by atoms with Crippen LogP contribution in [0.5, 0.6) is 0 Å². The second kappa shape index (κ2) is 7.07. The van der Waals surface area contributed by atoms with E-state index in [9.17, 15) is 0 Å². The molecule has 0 atom stereocenters. The van der Waals surface area contributed by atoms with Crippen molar-refractivity contribution in [1.29, 1.82) is 0 Å². The van der Waals surface area contributed by atoms with Gasteiger partial charge in [-0.1, -0.05) is 31.7 Å². The van der Waals surface area contributed by atoms with Crippen LogP contribution in [0.15, 0.2) is 12.1 Å². The van der Waals surface area contributed by atoms with Crippen LogP contribution < -0.4 is 10.6 Å². The molecule has 3 rings (SSSR count). The molecule has 0 aliphatic heterocycles. The average molecular weight is 273 g/mol. The van der Waals surface area contributed by atoms with Gasteiger partial charge in [0.05, 0.1) is 0 Å². The van der Waals surface area contributed by atoms with Gasteiger partial charge < -0.3 is 10.6 Å². The van der Waals surface area contributed by atoms with Crippen molar-refractivity contribution in [1.82, 2.24) is 10.3 Å². The summed E-state index contributed by atoms with van der Waals surface area (Å²) in [5, 5.41) is 7.15. The molecule has 0 spiro atoms. The molecule has 1 aromatic heterocycles. The molecule has 0 radical (unpaired) electrons. The monoisotopic (exact) mass is 273 g/mol. The predicted molar refractivity (Wildman–Crippen MR) is 84.2 cm³/mol. The van der Waals surface area contributed by atoms with Gasteiger partial charge in [-0.05, 0) is 43.7 Å². The molecule has 1 heterocycles. The molecule has 1 fully saturated rings. The van der Waals surface area contributed by atoms with Crippen molar-refractivity contribution >= 4 is 5.82 Å². The number of hydrogen-bond donors (Lipinski definition) is 2. The molecule has 0 unspecified atom stereocenters. The molecule has 0 aromatic carbocycles. The zero-order valence-corrected chi connectivity index (χ0v) is 12.5. The van der Waals surface area contributed by atoms with E-state index < -0.39 is 0 Å². The van der Waals surface area contributed by atoms with Crippen LogP contribution in [0, 0.1) is 0 Å². The van der Waals surface area contributed by atoms with E-state index in [0.717, 1.165) is 31.4 Å². The second-order valence-electron chi connectivity index (χ2n) is 6.23. The highest BCUT2D eigenvalue weighted by Gasteiger charge is 2.13. The second-order valence-corrected chi connectivity index (χ2v) is 6.23. The Bertz CT molecular complexity index is 422. The number of fused-ring (bicyclic) bond motifs is 1. The summed E-state index contributed by atoms with van der Waals surface area (Å²) in [5.41, 5.74) is 2.76. The van der Waals surface area contributed by atoms with Crippen molar-refractivity contribution in [3.63, 3.8) is 0 Å². The summed E-state index contributed by atoms with van der Waals surface area (Å²) in [6.45, 7) is 2.02. The summed E-state index contributed by atoms with van der Waals surface area (Å²) >= 11 is 0. The highest BCUT2D eigenvalue weighted by atomic mass is 15.0. The normalized spacial score (nSPS) is 19.6. The fraction of sp³-hybridized carbons (Fsp3) is 0.706. The summed E-state index contributed by atoms with van der Waals surface area (Å²) in [5.74, 6) is 1.05. The Labute approximate surface area is 122 Å². The molecule has 20 heavy (non-hydrogen) atoms. The van der Waals surface area contributed by atoms with E-state index in [2.05, 4.69) is 22.8 Å². The Morgan fingerprint density at radius 1 is 0.950 bits per heavy atom. The first-order valence-corrected chi connectivity index (χ1v) is 8.38. The highest BCUT2D eigenvalue weighted by Crippen LogP contribution is 2.21. The standard InChI is InChI=1S/C17H27N3/c1-2-4-8-15(7-3-1)18-12-13-19-17-11-10-14-6-5-9-16(14)20-17/h10-11,15,18H,1-9,12-13H2,(H,19,20). The molecule has 1 aromatic rings. The van der Waals surface area contributed by atoms with E-state index >= 15 is 0 Å². The number of hydrogen-bond acceptors (Lipinski definition) is 3. The maximum atomic E-state index is 4.71. The molecule has 2 aliphatic carbocycles. The van der Waals surface area contributed by atoms with Crippen molar-refractivity contribution in [2.24, 2.45) is 0 Å². The van der Waals surface area contributed by atoms with Gasteiger partial charge in [-0.3, -0.25) is 0 Å². The minimum Gasteiger partial charge on any atom is -0.369 e. The summed E-state index contributed by atoms with van der Waals surface area (Å²) in [6.07, 6.45) is 12.0. The topological polar surface area (TPSA) is 37.0 Å². The Balaban J connectivity index is 1.39. The molecular formula is C17H27N3. The molecule has 3 heteroatoms. The van der Waals surface area contributed by atoms with Gasteiger partial charge in [0.2, 0.25) is 0 Å². The fourth-order valence-corrected chi connectivity index (χ4v) is 3.47. The van der Waals surface area contributed by atoms with Gasteiger partial charge in [0.15, 0.2) is 0 Å². The minimum absolute atomic E-state index is 0.743. The number of nitrogens with one attached hydrogen (secondary N) is 2. The summed E-state index contributed by atoms with van der Waals surface area (Å²) in [7, 11) is 0. The van der Waals surface area contributed by atoms with Gasteiger partial charge in [0, 0.05) is 24.8 Å². The zero-order valence-electron chi connectivity index (χ0n) is 12.5. The number of pyridine rings is 1. The van der Waals surface area contributed by atoms with Gasteiger partial charge >= 0.3 is 0 Å². The predicted octanol–water partition coefficient (Wildman–Crippen LogP) is 3.29. The van der Waals surface area contributed by atoms with Crippen molar-refractivity contribution in [2.75, 3.05) is 18.4 Å². The number of nitrogens with zero attached hydrogens (tertiary/aromatic N) is 1. The lowest BCUT2D eigenvalue weighted by Gasteiger charge is -2.16. The molecule has 2 aliphatic rings. The van der Waals surface area contributed by atoms with Crippen LogP contribution in [0.25, 0.3) is 0 Å². The van der Waals surface area contributed by atoms with E-state index in [0.29, 0.717) is 0 Å². The smallest absolute Gasteiger partial charge is 0.126 e. The lowest BCUT2D eigenvalue weighted by atomic mass is 10.1. The molecule has 0 amide bonds. The molecule has 0 saturated heterocycles. The lowest BCUT2D eigenvalue weighted by molar-refractivity contribution is 0.468. The van der Waals surface area contributed by atoms with Crippen LogP contribution in [0.4, 0.5) is 5.82 Å². The summed E-state index contributed by atoms with van der Waals surface area (Å²) in [6, 6.07) is 5.12. The van der Waals surface area contributed by atoms with Crippen LogP contribution in [0.2, 0.25) is 0 Å². The minimum atomic E-state index is 0.743. The number of aromatic nitrogens is 1. The van der Waals surface area contributed by atoms with E-state index in [-0.39, 0.29) is 0 Å². The Morgan fingerprint density at radius 3 is 2.65 bits per heavy atom. The molecule has 0 bridgehead atoms.